The summed E-state index contributed by atoms with van der Waals surface area (Å²) in [4.78, 5) is 72.7. The molecule has 0 radical (unpaired) electrons. The van der Waals surface area contributed by atoms with Crippen LogP contribution in [0.5, 0.6) is 0 Å². The van der Waals surface area contributed by atoms with Gasteiger partial charge in [0.25, 0.3) is 0 Å². The van der Waals surface area contributed by atoms with Crippen LogP contribution in [0.1, 0.15) is 31.2 Å². The molecule has 0 bridgehead atoms. The van der Waals surface area contributed by atoms with Gasteiger partial charge in [0.15, 0.2) is 0 Å². The summed E-state index contributed by atoms with van der Waals surface area (Å²) in [5.74, 6) is -5.59. The molecule has 5 amide bonds. The van der Waals surface area contributed by atoms with E-state index in [1.165, 1.54) is 0 Å². The monoisotopic (exact) mass is 490 g/mol. The van der Waals surface area contributed by atoms with Crippen molar-refractivity contribution in [3.63, 3.8) is 0 Å². The van der Waals surface area contributed by atoms with Crippen molar-refractivity contribution in [2.45, 2.75) is 56.3 Å². The number of hydrogen-bond acceptors (Lipinski definition) is 7. The van der Waals surface area contributed by atoms with Gasteiger partial charge in [-0.2, -0.15) is 0 Å². The lowest BCUT2D eigenvalue weighted by atomic mass is 10.0. The van der Waals surface area contributed by atoms with E-state index in [0.717, 1.165) is 6.42 Å². The first-order valence-electron chi connectivity index (χ1n) is 11.0. The second kappa shape index (κ2) is 13.0. The number of rotatable bonds is 13. The summed E-state index contributed by atoms with van der Waals surface area (Å²) >= 11 is 0. The van der Waals surface area contributed by atoms with E-state index in [9.17, 15) is 33.9 Å². The predicted octanol–water partition coefficient (Wildman–Crippen LogP) is -2.73. The maximum atomic E-state index is 12.8. The number of amides is 5. The third-order valence-corrected chi connectivity index (χ3v) is 5.35. The van der Waals surface area contributed by atoms with Crippen LogP contribution < -0.4 is 32.7 Å². The average Bonchev–Trinajstić information content (AvgIpc) is 3.33. The van der Waals surface area contributed by atoms with Gasteiger partial charge >= 0.3 is 5.97 Å². The fourth-order valence-electron chi connectivity index (χ4n) is 3.60. The number of carboxylic acid groups (broad SMARTS) is 1. The molecule has 35 heavy (non-hydrogen) atoms. The molecule has 13 nitrogen and oxygen atoms in total. The average molecular weight is 491 g/mol. The predicted molar refractivity (Wildman–Crippen MR) is 122 cm³/mol. The highest BCUT2D eigenvalue weighted by molar-refractivity contribution is 5.97. The quantitative estimate of drug-likeness (QED) is 0.153. The summed E-state index contributed by atoms with van der Waals surface area (Å²) in [7, 11) is 0. The lowest BCUT2D eigenvalue weighted by molar-refractivity contribution is -0.142. The van der Waals surface area contributed by atoms with Crippen molar-refractivity contribution in [3.8, 4) is 0 Å². The van der Waals surface area contributed by atoms with Crippen molar-refractivity contribution in [2.75, 3.05) is 6.54 Å². The van der Waals surface area contributed by atoms with Gasteiger partial charge in [-0.1, -0.05) is 30.3 Å². The van der Waals surface area contributed by atoms with Gasteiger partial charge in [0, 0.05) is 6.42 Å². The maximum absolute atomic E-state index is 12.8. The highest BCUT2D eigenvalue weighted by atomic mass is 16.4. The van der Waals surface area contributed by atoms with E-state index in [2.05, 4.69) is 21.3 Å². The lowest BCUT2D eigenvalue weighted by Crippen LogP contribution is -2.58. The van der Waals surface area contributed by atoms with Gasteiger partial charge in [0.2, 0.25) is 29.5 Å². The zero-order valence-corrected chi connectivity index (χ0v) is 19.0. The minimum absolute atomic E-state index is 0.0477. The molecule has 2 rings (SSSR count). The zero-order chi connectivity index (χ0) is 26.0. The molecule has 0 aliphatic carbocycles. The Bertz CT molecular complexity index is 949. The van der Waals surface area contributed by atoms with E-state index in [1.807, 2.05) is 0 Å². The van der Waals surface area contributed by atoms with Crippen LogP contribution in [-0.2, 0) is 35.2 Å². The van der Waals surface area contributed by atoms with Crippen LogP contribution in [0.2, 0.25) is 0 Å². The fraction of sp³-hybridized carbons (Fsp3) is 0.455. The van der Waals surface area contributed by atoms with Gasteiger partial charge in [0.05, 0.1) is 18.9 Å². The Morgan fingerprint density at radius 1 is 0.886 bits per heavy atom. The minimum Gasteiger partial charge on any atom is -0.480 e. The molecule has 0 aromatic heterocycles. The molecule has 1 saturated heterocycles. The molecule has 1 aliphatic heterocycles. The van der Waals surface area contributed by atoms with E-state index in [1.54, 1.807) is 30.3 Å². The number of primary amides is 2. The highest BCUT2D eigenvalue weighted by Crippen LogP contribution is 2.07. The Morgan fingerprint density at radius 3 is 1.91 bits per heavy atom. The molecular formula is C22H30N6O7. The van der Waals surface area contributed by atoms with Crippen LogP contribution in [-0.4, -0.2) is 71.3 Å². The molecule has 0 saturated carbocycles. The Morgan fingerprint density at radius 2 is 1.43 bits per heavy atom. The first-order chi connectivity index (χ1) is 16.6. The highest BCUT2D eigenvalue weighted by Gasteiger charge is 2.33. The Kier molecular flexibility index (Phi) is 10.1. The number of nitrogens with one attached hydrogen (secondary N) is 4. The first kappa shape index (κ1) is 27.2. The number of carbonyl (C=O) groups excluding carboxylic acids is 5. The Labute approximate surface area is 201 Å². The molecule has 190 valence electrons. The number of carbonyl (C=O) groups is 6. The summed E-state index contributed by atoms with van der Waals surface area (Å²) in [6, 6.07) is 3.67. The van der Waals surface area contributed by atoms with Gasteiger partial charge in [-0.05, 0) is 24.9 Å². The van der Waals surface area contributed by atoms with Crippen molar-refractivity contribution >= 4 is 35.5 Å². The molecule has 1 aromatic carbocycles. The Hall–Kier alpha value is -4.00. The summed E-state index contributed by atoms with van der Waals surface area (Å²) in [5.41, 5.74) is 11.0. The summed E-state index contributed by atoms with van der Waals surface area (Å²) in [6.07, 6.45) is 0.0618. The van der Waals surface area contributed by atoms with Crippen LogP contribution in [0.25, 0.3) is 0 Å². The smallest absolute Gasteiger partial charge is 0.326 e. The largest absolute Gasteiger partial charge is 0.480 e. The van der Waals surface area contributed by atoms with Crippen LogP contribution in [0, 0.1) is 0 Å². The maximum Gasteiger partial charge on any atom is 0.326 e. The normalized spacial score (nSPS) is 17.4. The van der Waals surface area contributed by atoms with Crippen LogP contribution in [0.4, 0.5) is 0 Å². The summed E-state index contributed by atoms with van der Waals surface area (Å²) in [6.45, 7) is 0.624. The van der Waals surface area contributed by atoms with Crippen molar-refractivity contribution < 1.29 is 33.9 Å². The molecular weight excluding hydrogens is 460 g/mol. The van der Waals surface area contributed by atoms with E-state index < -0.39 is 72.5 Å². The van der Waals surface area contributed by atoms with Gasteiger partial charge < -0.3 is 37.8 Å². The summed E-state index contributed by atoms with van der Waals surface area (Å²) < 4.78 is 0. The standard InChI is InChI=1S/C22H30N6O7/c23-17(29)10-14(26-19(31)13-7-4-8-25-13)20(32)27-15(11-18(24)30)21(33)28-16(22(34)35)9-12-5-2-1-3-6-12/h1-3,5-6,13-16,25H,4,7-11H2,(H2,23,29)(H2,24,30)(H,26,31)(H,27,32)(H,28,33)(H,34,35). The molecule has 0 spiro atoms. The van der Waals surface area contributed by atoms with Crippen LogP contribution >= 0.6 is 0 Å². The lowest BCUT2D eigenvalue weighted by Gasteiger charge is -2.24. The molecule has 4 unspecified atom stereocenters. The molecule has 1 aromatic rings. The SMILES string of the molecule is NC(=O)CC(NC(=O)C(CC(N)=O)NC(=O)C1CCCN1)C(=O)NC(Cc1ccccc1)C(=O)O. The first-order valence-corrected chi connectivity index (χ1v) is 11.0. The molecule has 4 atom stereocenters. The molecule has 1 heterocycles. The van der Waals surface area contributed by atoms with Gasteiger partial charge in [-0.25, -0.2) is 4.79 Å². The Balaban J connectivity index is 2.12. The second-order valence-electron chi connectivity index (χ2n) is 8.20. The van der Waals surface area contributed by atoms with Gasteiger partial charge in [0.1, 0.15) is 18.1 Å². The van der Waals surface area contributed by atoms with Gasteiger partial charge in [-0.3, -0.25) is 24.0 Å². The van der Waals surface area contributed by atoms with Crippen LogP contribution in [0.15, 0.2) is 30.3 Å². The van der Waals surface area contributed by atoms with Crippen molar-refractivity contribution in [3.05, 3.63) is 35.9 Å². The summed E-state index contributed by atoms with van der Waals surface area (Å²) in [5, 5.41) is 19.5. The van der Waals surface area contributed by atoms with Gasteiger partial charge in [-0.15, -0.1) is 0 Å². The second-order valence-corrected chi connectivity index (χ2v) is 8.20. The van der Waals surface area contributed by atoms with E-state index >= 15 is 0 Å². The van der Waals surface area contributed by atoms with E-state index in [0.29, 0.717) is 18.5 Å². The van der Waals surface area contributed by atoms with Crippen molar-refractivity contribution in [1.82, 2.24) is 21.3 Å². The number of aliphatic carboxylic acids is 1. The molecule has 9 N–H and O–H groups in total. The topological polar surface area (TPSA) is 223 Å². The fourth-order valence-corrected chi connectivity index (χ4v) is 3.60. The van der Waals surface area contributed by atoms with E-state index in [4.69, 9.17) is 11.5 Å². The zero-order valence-electron chi connectivity index (χ0n) is 19.0. The number of benzene rings is 1. The minimum atomic E-state index is -1.55. The third-order valence-electron chi connectivity index (χ3n) is 5.35. The van der Waals surface area contributed by atoms with Crippen molar-refractivity contribution in [2.24, 2.45) is 11.5 Å². The molecule has 1 fully saturated rings. The molecule has 1 aliphatic rings. The van der Waals surface area contributed by atoms with Crippen LogP contribution in [0.3, 0.4) is 0 Å². The van der Waals surface area contributed by atoms with E-state index in [-0.39, 0.29) is 6.42 Å². The number of hydrogen-bond donors (Lipinski definition) is 7. The molecule has 13 heteroatoms. The third kappa shape index (κ3) is 9.04. The van der Waals surface area contributed by atoms with Crippen molar-refractivity contribution in [1.29, 1.82) is 0 Å². The number of carboxylic acids is 1. The number of nitrogens with two attached hydrogens (primary N) is 2.